The molecule has 0 spiro atoms. The van der Waals surface area contributed by atoms with E-state index in [9.17, 15) is 9.90 Å². The molecule has 0 saturated heterocycles. The molecule has 0 saturated carbocycles. The fourth-order valence-corrected chi connectivity index (χ4v) is 1.44. The third-order valence-electron chi connectivity index (χ3n) is 1.85. The second-order valence-corrected chi connectivity index (χ2v) is 4.68. The van der Waals surface area contributed by atoms with Crippen molar-refractivity contribution in [1.82, 2.24) is 0 Å². The molecule has 3 nitrogen and oxygen atoms in total. The van der Waals surface area contributed by atoms with Crippen molar-refractivity contribution < 1.29 is 15.0 Å². The summed E-state index contributed by atoms with van der Waals surface area (Å²) in [5, 5.41) is 18.4. The second kappa shape index (κ2) is 4.61. The maximum atomic E-state index is 10.8. The van der Waals surface area contributed by atoms with Gasteiger partial charge >= 0.3 is 5.97 Å². The Labute approximate surface area is 79.8 Å². The lowest BCUT2D eigenvalue weighted by Gasteiger charge is -2.23. The molecule has 0 fully saturated rings. The van der Waals surface area contributed by atoms with E-state index in [2.05, 4.69) is 0 Å². The molecule has 0 aromatic heterocycles. The monoisotopic (exact) mass is 188 g/mol. The topological polar surface area (TPSA) is 57.5 Å². The zero-order valence-corrected chi connectivity index (χ0v) is 8.87. The number of aliphatic carboxylic acids is 1. The molecule has 0 aliphatic heterocycles. The van der Waals surface area contributed by atoms with Crippen molar-refractivity contribution in [2.45, 2.75) is 46.1 Å². The van der Waals surface area contributed by atoms with Gasteiger partial charge in [-0.15, -0.1) is 0 Å². The number of carboxylic acid groups (broad SMARTS) is 1. The van der Waals surface area contributed by atoms with Gasteiger partial charge in [-0.3, -0.25) is 4.79 Å². The summed E-state index contributed by atoms with van der Waals surface area (Å²) in [6, 6.07) is 0. The third-order valence-corrected chi connectivity index (χ3v) is 1.85. The van der Waals surface area contributed by atoms with Gasteiger partial charge in [0.05, 0.1) is 11.5 Å². The van der Waals surface area contributed by atoms with Crippen LogP contribution in [0.3, 0.4) is 0 Å². The molecule has 0 bridgehead atoms. The van der Waals surface area contributed by atoms with Crippen molar-refractivity contribution in [3.63, 3.8) is 0 Å². The van der Waals surface area contributed by atoms with Crippen LogP contribution in [0.5, 0.6) is 0 Å². The second-order valence-electron chi connectivity index (χ2n) is 4.68. The van der Waals surface area contributed by atoms with Crippen LogP contribution in [0.1, 0.15) is 40.5 Å². The highest BCUT2D eigenvalue weighted by Crippen LogP contribution is 2.22. The Morgan fingerprint density at radius 3 is 2.08 bits per heavy atom. The highest BCUT2D eigenvalue weighted by atomic mass is 16.4. The quantitative estimate of drug-likeness (QED) is 0.692. The summed E-state index contributed by atoms with van der Waals surface area (Å²) in [5.74, 6) is -0.890. The molecule has 0 aliphatic carbocycles. The van der Waals surface area contributed by atoms with Gasteiger partial charge in [0, 0.05) is 0 Å². The van der Waals surface area contributed by atoms with Crippen LogP contribution >= 0.6 is 0 Å². The van der Waals surface area contributed by atoms with Gasteiger partial charge in [0.1, 0.15) is 0 Å². The minimum absolute atomic E-state index is 0.320. The molecular weight excluding hydrogens is 168 g/mol. The van der Waals surface area contributed by atoms with E-state index in [1.54, 1.807) is 13.8 Å². The van der Waals surface area contributed by atoms with Crippen molar-refractivity contribution >= 4 is 5.97 Å². The van der Waals surface area contributed by atoms with Crippen molar-refractivity contribution in [1.29, 1.82) is 0 Å². The third kappa shape index (κ3) is 6.58. The molecule has 0 radical (unpaired) electrons. The summed E-state index contributed by atoms with van der Waals surface area (Å²) >= 11 is 0. The molecule has 78 valence electrons. The lowest BCUT2D eigenvalue weighted by atomic mass is 9.87. The van der Waals surface area contributed by atoms with Crippen LogP contribution in [0.25, 0.3) is 0 Å². The summed E-state index contributed by atoms with van der Waals surface area (Å²) in [6.45, 7) is 7.26. The van der Waals surface area contributed by atoms with Crippen LogP contribution in [0, 0.1) is 11.8 Å². The molecule has 2 N–H and O–H groups in total. The van der Waals surface area contributed by atoms with Gasteiger partial charge in [0.2, 0.25) is 0 Å². The highest BCUT2D eigenvalue weighted by molar-refractivity contribution is 5.70. The first kappa shape index (κ1) is 12.4. The van der Waals surface area contributed by atoms with Gasteiger partial charge in [0.15, 0.2) is 0 Å². The summed E-state index contributed by atoms with van der Waals surface area (Å²) < 4.78 is 0. The Bertz CT molecular complexity index is 167. The number of aliphatic hydroxyl groups is 1. The van der Waals surface area contributed by atoms with Crippen molar-refractivity contribution in [2.24, 2.45) is 11.8 Å². The Morgan fingerprint density at radius 2 is 1.85 bits per heavy atom. The standard InChI is InChI=1S/C10H20O3/c1-7(2)5-8(9(11)12)6-10(3,4)13/h7-8,13H,5-6H2,1-4H3,(H,11,12). The summed E-state index contributed by atoms with van der Waals surface area (Å²) in [4.78, 5) is 10.8. The van der Waals surface area contributed by atoms with Crippen molar-refractivity contribution in [2.75, 3.05) is 0 Å². The fraction of sp³-hybridized carbons (Fsp3) is 0.900. The zero-order valence-electron chi connectivity index (χ0n) is 8.87. The van der Waals surface area contributed by atoms with Gasteiger partial charge in [-0.25, -0.2) is 0 Å². The Balaban J connectivity index is 4.19. The maximum absolute atomic E-state index is 10.8. The molecule has 0 heterocycles. The van der Waals surface area contributed by atoms with Gasteiger partial charge in [-0.2, -0.15) is 0 Å². The average molecular weight is 188 g/mol. The number of carbonyl (C=O) groups is 1. The van der Waals surface area contributed by atoms with E-state index >= 15 is 0 Å². The Morgan fingerprint density at radius 1 is 1.38 bits per heavy atom. The SMILES string of the molecule is CC(C)CC(CC(C)(C)O)C(=O)O. The van der Waals surface area contributed by atoms with E-state index in [0.29, 0.717) is 18.8 Å². The van der Waals surface area contributed by atoms with Crippen LogP contribution in [0.4, 0.5) is 0 Å². The van der Waals surface area contributed by atoms with Gasteiger partial charge in [-0.05, 0) is 32.6 Å². The molecule has 0 aromatic carbocycles. The van der Waals surface area contributed by atoms with Crippen LogP contribution in [-0.4, -0.2) is 21.8 Å². The first-order valence-corrected chi connectivity index (χ1v) is 4.67. The van der Waals surface area contributed by atoms with Crippen molar-refractivity contribution in [3.05, 3.63) is 0 Å². The van der Waals surface area contributed by atoms with Crippen LogP contribution < -0.4 is 0 Å². The predicted molar refractivity (Wildman–Crippen MR) is 51.5 cm³/mol. The predicted octanol–water partition coefficient (Wildman–Crippen LogP) is 1.89. The largest absolute Gasteiger partial charge is 0.481 e. The molecule has 1 unspecified atom stereocenters. The minimum atomic E-state index is -0.891. The molecule has 13 heavy (non-hydrogen) atoms. The number of hydrogen-bond donors (Lipinski definition) is 2. The summed E-state index contributed by atoms with van der Waals surface area (Å²) in [7, 11) is 0. The lowest BCUT2D eigenvalue weighted by molar-refractivity contribution is -0.144. The minimum Gasteiger partial charge on any atom is -0.481 e. The molecule has 0 aliphatic rings. The zero-order chi connectivity index (χ0) is 10.6. The fourth-order valence-electron chi connectivity index (χ4n) is 1.44. The molecular formula is C10H20O3. The number of carboxylic acids is 1. The van der Waals surface area contributed by atoms with Crippen LogP contribution in [0.2, 0.25) is 0 Å². The Hall–Kier alpha value is -0.570. The molecule has 0 amide bonds. The summed E-state index contributed by atoms with van der Waals surface area (Å²) in [6.07, 6.45) is 0.944. The van der Waals surface area contributed by atoms with Crippen LogP contribution in [-0.2, 0) is 4.79 Å². The van der Waals surface area contributed by atoms with E-state index in [1.807, 2.05) is 13.8 Å². The average Bonchev–Trinajstić information content (AvgIpc) is 1.81. The van der Waals surface area contributed by atoms with E-state index in [4.69, 9.17) is 5.11 Å². The Kier molecular flexibility index (Phi) is 4.40. The molecule has 3 heteroatoms. The smallest absolute Gasteiger partial charge is 0.306 e. The van der Waals surface area contributed by atoms with Gasteiger partial charge < -0.3 is 10.2 Å². The van der Waals surface area contributed by atoms with E-state index in [1.165, 1.54) is 0 Å². The number of hydrogen-bond acceptors (Lipinski definition) is 2. The van der Waals surface area contributed by atoms with Crippen LogP contribution in [0.15, 0.2) is 0 Å². The molecule has 1 atom stereocenters. The maximum Gasteiger partial charge on any atom is 0.306 e. The van der Waals surface area contributed by atoms with E-state index in [0.717, 1.165) is 0 Å². The molecule has 0 rings (SSSR count). The van der Waals surface area contributed by atoms with Gasteiger partial charge in [-0.1, -0.05) is 13.8 Å². The lowest BCUT2D eigenvalue weighted by Crippen LogP contribution is -2.28. The summed E-state index contributed by atoms with van der Waals surface area (Å²) in [5.41, 5.74) is -0.891. The van der Waals surface area contributed by atoms with Crippen molar-refractivity contribution in [3.8, 4) is 0 Å². The normalized spacial score (nSPS) is 14.6. The van der Waals surface area contributed by atoms with Gasteiger partial charge in [0.25, 0.3) is 0 Å². The van der Waals surface area contributed by atoms with E-state index < -0.39 is 17.5 Å². The first-order valence-electron chi connectivity index (χ1n) is 4.67. The number of rotatable bonds is 5. The first-order chi connectivity index (χ1) is 5.72. The van der Waals surface area contributed by atoms with E-state index in [-0.39, 0.29) is 0 Å². The highest BCUT2D eigenvalue weighted by Gasteiger charge is 2.26. The molecule has 0 aromatic rings.